The van der Waals surface area contributed by atoms with Crippen LogP contribution in [0.5, 0.6) is 0 Å². The lowest BCUT2D eigenvalue weighted by Crippen LogP contribution is -2.26. The van der Waals surface area contributed by atoms with Gasteiger partial charge in [0.15, 0.2) is 0 Å². The molecule has 3 heteroatoms. The largest absolute Gasteiger partial charge is 0.330 e. The molecule has 1 rings (SSSR count). The van der Waals surface area contributed by atoms with Crippen LogP contribution in [0.1, 0.15) is 12.8 Å². The van der Waals surface area contributed by atoms with Crippen LogP contribution in [0.15, 0.2) is 0 Å². The SMILES string of the molecule is CN1C(=O)CC[C@H]1C#N. The standard InChI is InChI=1S/C6H8N2O/c1-8-5(4-7)2-3-6(8)9/h5H,2-3H2,1H3/t5-/m0/s1. The van der Waals surface area contributed by atoms with E-state index < -0.39 is 0 Å². The van der Waals surface area contributed by atoms with Crippen molar-refractivity contribution in [2.45, 2.75) is 18.9 Å². The molecule has 9 heavy (non-hydrogen) atoms. The highest BCUT2D eigenvalue weighted by atomic mass is 16.2. The normalized spacial score (nSPS) is 26.4. The van der Waals surface area contributed by atoms with Gasteiger partial charge in [-0.3, -0.25) is 4.79 Å². The van der Waals surface area contributed by atoms with Gasteiger partial charge in [0.1, 0.15) is 6.04 Å². The molecule has 1 saturated heterocycles. The zero-order valence-corrected chi connectivity index (χ0v) is 5.29. The molecule has 1 amide bonds. The summed E-state index contributed by atoms with van der Waals surface area (Å²) in [6.45, 7) is 0. The minimum atomic E-state index is -0.169. The van der Waals surface area contributed by atoms with Crippen molar-refractivity contribution < 1.29 is 4.79 Å². The van der Waals surface area contributed by atoms with E-state index in [-0.39, 0.29) is 11.9 Å². The van der Waals surface area contributed by atoms with Gasteiger partial charge in [-0.15, -0.1) is 0 Å². The highest BCUT2D eigenvalue weighted by Crippen LogP contribution is 2.14. The molecule has 1 aliphatic rings. The smallest absolute Gasteiger partial charge is 0.223 e. The second-order valence-corrected chi connectivity index (χ2v) is 2.19. The number of rotatable bonds is 0. The van der Waals surface area contributed by atoms with Gasteiger partial charge < -0.3 is 4.90 Å². The fourth-order valence-electron chi connectivity index (χ4n) is 0.955. The number of likely N-dealkylation sites (tertiary alicyclic amines) is 1. The van der Waals surface area contributed by atoms with E-state index in [1.807, 2.05) is 6.07 Å². The first-order valence-corrected chi connectivity index (χ1v) is 2.91. The zero-order chi connectivity index (χ0) is 6.85. The van der Waals surface area contributed by atoms with Crippen molar-refractivity contribution in [3.05, 3.63) is 0 Å². The third-order valence-corrected chi connectivity index (χ3v) is 1.64. The van der Waals surface area contributed by atoms with Crippen LogP contribution in [-0.4, -0.2) is 23.9 Å². The first kappa shape index (κ1) is 6.09. The van der Waals surface area contributed by atoms with Crippen LogP contribution in [0.25, 0.3) is 0 Å². The number of carbonyl (C=O) groups excluding carboxylic acids is 1. The zero-order valence-electron chi connectivity index (χ0n) is 5.29. The maximum atomic E-state index is 10.7. The second-order valence-electron chi connectivity index (χ2n) is 2.19. The summed E-state index contributed by atoms with van der Waals surface area (Å²) < 4.78 is 0. The minimum absolute atomic E-state index is 0.0848. The lowest BCUT2D eigenvalue weighted by Gasteiger charge is -2.10. The van der Waals surface area contributed by atoms with Crippen LogP contribution in [0.2, 0.25) is 0 Å². The summed E-state index contributed by atoms with van der Waals surface area (Å²) >= 11 is 0. The first-order chi connectivity index (χ1) is 4.25. The van der Waals surface area contributed by atoms with Crippen LogP contribution in [0, 0.1) is 11.3 Å². The Labute approximate surface area is 53.9 Å². The number of hydrogen-bond acceptors (Lipinski definition) is 2. The van der Waals surface area contributed by atoms with Gasteiger partial charge in [-0.1, -0.05) is 0 Å². The second kappa shape index (κ2) is 2.06. The summed E-state index contributed by atoms with van der Waals surface area (Å²) in [4.78, 5) is 12.2. The number of amides is 1. The average molecular weight is 124 g/mol. The Morgan fingerprint density at radius 2 is 2.56 bits per heavy atom. The number of carbonyl (C=O) groups is 1. The van der Waals surface area contributed by atoms with E-state index in [0.717, 1.165) is 0 Å². The Morgan fingerprint density at radius 3 is 2.78 bits per heavy atom. The van der Waals surface area contributed by atoms with E-state index in [1.165, 1.54) is 4.90 Å². The highest BCUT2D eigenvalue weighted by molar-refractivity contribution is 5.78. The fraction of sp³-hybridized carbons (Fsp3) is 0.667. The predicted molar refractivity (Wildman–Crippen MR) is 31.4 cm³/mol. The molecule has 48 valence electrons. The topological polar surface area (TPSA) is 44.1 Å². The first-order valence-electron chi connectivity index (χ1n) is 2.91. The molecule has 3 nitrogen and oxygen atoms in total. The molecule has 0 bridgehead atoms. The van der Waals surface area contributed by atoms with Gasteiger partial charge in [-0.05, 0) is 6.42 Å². The molecule has 0 spiro atoms. The Hall–Kier alpha value is -1.04. The van der Waals surface area contributed by atoms with Crippen LogP contribution in [0.4, 0.5) is 0 Å². The maximum Gasteiger partial charge on any atom is 0.223 e. The van der Waals surface area contributed by atoms with Crippen LogP contribution >= 0.6 is 0 Å². The van der Waals surface area contributed by atoms with E-state index in [4.69, 9.17) is 5.26 Å². The molecule has 1 aliphatic heterocycles. The fourth-order valence-corrected chi connectivity index (χ4v) is 0.955. The molecule has 0 saturated carbocycles. The molecule has 0 aromatic carbocycles. The van der Waals surface area contributed by atoms with Gasteiger partial charge in [0, 0.05) is 13.5 Å². The van der Waals surface area contributed by atoms with Crippen molar-refractivity contribution in [2.75, 3.05) is 7.05 Å². The summed E-state index contributed by atoms with van der Waals surface area (Å²) in [6.07, 6.45) is 1.24. The number of hydrogen-bond donors (Lipinski definition) is 0. The molecule has 1 atom stereocenters. The summed E-state index contributed by atoms with van der Waals surface area (Å²) in [5, 5.41) is 8.41. The van der Waals surface area contributed by atoms with Gasteiger partial charge in [-0.25, -0.2) is 0 Å². The molecule has 1 heterocycles. The molecular weight excluding hydrogens is 116 g/mol. The summed E-state index contributed by atoms with van der Waals surface area (Å²) in [5.74, 6) is 0.0848. The van der Waals surface area contributed by atoms with Crippen molar-refractivity contribution in [3.63, 3.8) is 0 Å². The summed E-state index contributed by atoms with van der Waals surface area (Å²) in [7, 11) is 1.67. The quantitative estimate of drug-likeness (QED) is 0.460. The third-order valence-electron chi connectivity index (χ3n) is 1.64. The molecule has 0 unspecified atom stereocenters. The molecule has 0 N–H and O–H groups in total. The molecule has 1 fully saturated rings. The van der Waals surface area contributed by atoms with Gasteiger partial charge in [-0.2, -0.15) is 5.26 Å². The lowest BCUT2D eigenvalue weighted by atomic mass is 10.2. The molecule has 0 aromatic rings. The van der Waals surface area contributed by atoms with Gasteiger partial charge in [0.05, 0.1) is 6.07 Å². The Kier molecular flexibility index (Phi) is 1.39. The van der Waals surface area contributed by atoms with Crippen LogP contribution in [0.3, 0.4) is 0 Å². The van der Waals surface area contributed by atoms with Crippen LogP contribution in [-0.2, 0) is 4.79 Å². The highest BCUT2D eigenvalue weighted by Gasteiger charge is 2.26. The van der Waals surface area contributed by atoms with Gasteiger partial charge in [0.2, 0.25) is 5.91 Å². The van der Waals surface area contributed by atoms with Gasteiger partial charge >= 0.3 is 0 Å². The average Bonchev–Trinajstić information content (AvgIpc) is 2.15. The van der Waals surface area contributed by atoms with Crippen molar-refractivity contribution in [3.8, 4) is 6.07 Å². The third kappa shape index (κ3) is 0.879. The number of nitriles is 1. The molecule has 0 aromatic heterocycles. The maximum absolute atomic E-state index is 10.7. The number of nitrogens with zero attached hydrogens (tertiary/aromatic N) is 2. The van der Waals surface area contributed by atoms with Crippen molar-refractivity contribution in [1.82, 2.24) is 4.90 Å². The monoisotopic (exact) mass is 124 g/mol. The summed E-state index contributed by atoms with van der Waals surface area (Å²) in [5.41, 5.74) is 0. The predicted octanol–water partition coefficient (Wildman–Crippen LogP) is 0.131. The van der Waals surface area contributed by atoms with E-state index in [2.05, 4.69) is 0 Å². The van der Waals surface area contributed by atoms with Crippen LogP contribution < -0.4 is 0 Å². The van der Waals surface area contributed by atoms with E-state index >= 15 is 0 Å². The molecule has 0 aliphatic carbocycles. The van der Waals surface area contributed by atoms with E-state index in [9.17, 15) is 4.79 Å². The molecular formula is C6H8N2O. The van der Waals surface area contributed by atoms with E-state index in [0.29, 0.717) is 12.8 Å². The minimum Gasteiger partial charge on any atom is -0.330 e. The van der Waals surface area contributed by atoms with Crippen molar-refractivity contribution in [2.24, 2.45) is 0 Å². The summed E-state index contributed by atoms with van der Waals surface area (Å²) in [6, 6.07) is 1.88. The van der Waals surface area contributed by atoms with E-state index in [1.54, 1.807) is 7.05 Å². The molecule has 0 radical (unpaired) electrons. The van der Waals surface area contributed by atoms with Crippen molar-refractivity contribution >= 4 is 5.91 Å². The van der Waals surface area contributed by atoms with Gasteiger partial charge in [0.25, 0.3) is 0 Å². The Morgan fingerprint density at radius 1 is 1.89 bits per heavy atom. The Balaban J connectivity index is 2.64. The van der Waals surface area contributed by atoms with Crippen molar-refractivity contribution in [1.29, 1.82) is 5.26 Å². The lowest BCUT2D eigenvalue weighted by molar-refractivity contribution is -0.127. The Bertz CT molecular complexity index is 170.